The average Bonchev–Trinajstić information content (AvgIpc) is 3.04. The minimum absolute atomic E-state index is 0.619. The lowest BCUT2D eigenvalue weighted by atomic mass is 9.89. The van der Waals surface area contributed by atoms with Gasteiger partial charge in [0.15, 0.2) is 0 Å². The van der Waals surface area contributed by atoms with Crippen LogP contribution in [0, 0.1) is 0 Å². The molecular formula is C23H27N3. The van der Waals surface area contributed by atoms with Crippen molar-refractivity contribution in [3.63, 3.8) is 0 Å². The minimum atomic E-state index is 0.619. The van der Waals surface area contributed by atoms with Crippen molar-refractivity contribution >= 4 is 0 Å². The van der Waals surface area contributed by atoms with Crippen LogP contribution in [0.25, 0.3) is 0 Å². The molecule has 0 aliphatic carbocycles. The van der Waals surface area contributed by atoms with Crippen molar-refractivity contribution in [1.82, 2.24) is 14.7 Å². The molecule has 1 aromatic heterocycles. The number of hydrogen-bond donors (Lipinski definition) is 0. The second-order valence-corrected chi connectivity index (χ2v) is 7.38. The summed E-state index contributed by atoms with van der Waals surface area (Å²) < 4.78 is 2.11. The molecule has 0 amide bonds. The van der Waals surface area contributed by atoms with Crippen molar-refractivity contribution in [1.29, 1.82) is 0 Å². The molecule has 0 radical (unpaired) electrons. The molecule has 134 valence electrons. The molecule has 26 heavy (non-hydrogen) atoms. The highest BCUT2D eigenvalue weighted by Crippen LogP contribution is 2.31. The molecule has 0 unspecified atom stereocenters. The normalized spacial score (nSPS) is 16.0. The number of rotatable bonds is 5. The van der Waals surface area contributed by atoms with Crippen molar-refractivity contribution in [2.45, 2.75) is 31.7 Å². The highest BCUT2D eigenvalue weighted by atomic mass is 15.3. The topological polar surface area (TPSA) is 21.1 Å². The van der Waals surface area contributed by atoms with Gasteiger partial charge >= 0.3 is 0 Å². The lowest BCUT2D eigenvalue weighted by Gasteiger charge is -2.32. The van der Waals surface area contributed by atoms with Crippen LogP contribution in [-0.2, 0) is 20.0 Å². The third-order valence-electron chi connectivity index (χ3n) is 5.53. The molecule has 0 saturated carbocycles. The quantitative estimate of drug-likeness (QED) is 0.684. The molecule has 0 atom stereocenters. The van der Waals surface area contributed by atoms with Gasteiger partial charge in [-0.15, -0.1) is 0 Å². The van der Waals surface area contributed by atoms with Crippen LogP contribution in [0.15, 0.2) is 66.9 Å². The molecule has 4 rings (SSSR count). The van der Waals surface area contributed by atoms with Gasteiger partial charge in [0, 0.05) is 31.6 Å². The van der Waals surface area contributed by atoms with Crippen LogP contribution in [0.3, 0.4) is 0 Å². The zero-order valence-electron chi connectivity index (χ0n) is 15.5. The van der Waals surface area contributed by atoms with Crippen molar-refractivity contribution in [2.75, 3.05) is 13.1 Å². The SMILES string of the molecule is Cn1ncc(Cc2ccccc2)c1C1CCN(Cc2ccccc2)CC1. The Morgan fingerprint density at radius 1 is 0.885 bits per heavy atom. The average molecular weight is 345 g/mol. The van der Waals surface area contributed by atoms with Gasteiger partial charge in [-0.3, -0.25) is 9.58 Å². The van der Waals surface area contributed by atoms with Gasteiger partial charge in [0.25, 0.3) is 0 Å². The predicted molar refractivity (Wildman–Crippen MR) is 106 cm³/mol. The third-order valence-corrected chi connectivity index (χ3v) is 5.53. The van der Waals surface area contributed by atoms with Gasteiger partial charge in [-0.1, -0.05) is 60.7 Å². The van der Waals surface area contributed by atoms with Crippen molar-refractivity contribution in [3.05, 3.63) is 89.2 Å². The zero-order chi connectivity index (χ0) is 17.8. The van der Waals surface area contributed by atoms with E-state index in [-0.39, 0.29) is 0 Å². The molecule has 0 N–H and O–H groups in total. The Morgan fingerprint density at radius 2 is 1.50 bits per heavy atom. The van der Waals surface area contributed by atoms with Crippen molar-refractivity contribution < 1.29 is 0 Å². The first-order valence-corrected chi connectivity index (χ1v) is 9.60. The van der Waals surface area contributed by atoms with Crippen LogP contribution < -0.4 is 0 Å². The van der Waals surface area contributed by atoms with Crippen LogP contribution >= 0.6 is 0 Å². The summed E-state index contributed by atoms with van der Waals surface area (Å²) in [5.74, 6) is 0.619. The summed E-state index contributed by atoms with van der Waals surface area (Å²) in [4.78, 5) is 2.58. The standard InChI is InChI=1S/C23H27N3/c1-25-23(22(17-24-25)16-19-8-4-2-5-9-19)21-12-14-26(15-13-21)18-20-10-6-3-7-11-20/h2-11,17,21H,12-16,18H2,1H3. The Hall–Kier alpha value is -2.39. The fourth-order valence-electron chi connectivity index (χ4n) is 4.18. The molecule has 2 aromatic carbocycles. The highest BCUT2D eigenvalue weighted by molar-refractivity contribution is 5.30. The van der Waals surface area contributed by atoms with E-state index in [9.17, 15) is 0 Å². The van der Waals surface area contributed by atoms with Gasteiger partial charge in [-0.25, -0.2) is 0 Å². The van der Waals surface area contributed by atoms with Gasteiger partial charge < -0.3 is 0 Å². The largest absolute Gasteiger partial charge is 0.299 e. The Kier molecular flexibility index (Phi) is 5.16. The molecule has 3 nitrogen and oxygen atoms in total. The van der Waals surface area contributed by atoms with E-state index in [0.29, 0.717) is 5.92 Å². The summed E-state index contributed by atoms with van der Waals surface area (Å²) in [7, 11) is 2.10. The van der Waals surface area contributed by atoms with Crippen LogP contribution in [0.1, 0.15) is 41.1 Å². The van der Waals surface area contributed by atoms with Crippen LogP contribution in [0.4, 0.5) is 0 Å². The number of nitrogens with zero attached hydrogens (tertiary/aromatic N) is 3. The van der Waals surface area contributed by atoms with E-state index in [4.69, 9.17) is 0 Å². The van der Waals surface area contributed by atoms with Gasteiger partial charge in [0.1, 0.15) is 0 Å². The molecule has 1 aliphatic rings. The molecule has 3 aromatic rings. The Balaban J connectivity index is 1.42. The minimum Gasteiger partial charge on any atom is -0.299 e. The molecule has 0 bridgehead atoms. The number of aromatic nitrogens is 2. The number of aryl methyl sites for hydroxylation is 1. The summed E-state index contributed by atoms with van der Waals surface area (Å²) in [6.45, 7) is 3.39. The van der Waals surface area contributed by atoms with E-state index in [1.165, 1.54) is 35.2 Å². The summed E-state index contributed by atoms with van der Waals surface area (Å²) in [5.41, 5.74) is 5.60. The third kappa shape index (κ3) is 3.88. The smallest absolute Gasteiger partial charge is 0.0528 e. The second-order valence-electron chi connectivity index (χ2n) is 7.38. The van der Waals surface area contributed by atoms with Gasteiger partial charge in [-0.2, -0.15) is 5.10 Å². The van der Waals surface area contributed by atoms with Gasteiger partial charge in [0.05, 0.1) is 6.20 Å². The second kappa shape index (κ2) is 7.88. The lowest BCUT2D eigenvalue weighted by molar-refractivity contribution is 0.201. The summed E-state index contributed by atoms with van der Waals surface area (Å²) in [5, 5.41) is 4.58. The molecule has 1 aliphatic heterocycles. The maximum Gasteiger partial charge on any atom is 0.0528 e. The van der Waals surface area contributed by atoms with E-state index in [1.54, 1.807) is 0 Å². The van der Waals surface area contributed by atoms with E-state index in [2.05, 4.69) is 88.6 Å². The summed E-state index contributed by atoms with van der Waals surface area (Å²) in [6, 6.07) is 21.5. The van der Waals surface area contributed by atoms with Gasteiger partial charge in [-0.05, 0) is 42.6 Å². The van der Waals surface area contributed by atoms with Crippen LogP contribution in [0.5, 0.6) is 0 Å². The maximum atomic E-state index is 4.58. The fraction of sp³-hybridized carbons (Fsp3) is 0.348. The lowest BCUT2D eigenvalue weighted by Crippen LogP contribution is -2.33. The summed E-state index contributed by atoms with van der Waals surface area (Å²) >= 11 is 0. The van der Waals surface area contributed by atoms with E-state index in [0.717, 1.165) is 26.1 Å². The molecule has 1 saturated heterocycles. The molecule has 1 fully saturated rings. The number of likely N-dealkylation sites (tertiary alicyclic amines) is 1. The molecule has 0 spiro atoms. The van der Waals surface area contributed by atoms with E-state index in [1.807, 2.05) is 0 Å². The fourth-order valence-corrected chi connectivity index (χ4v) is 4.18. The number of hydrogen-bond acceptors (Lipinski definition) is 2. The van der Waals surface area contributed by atoms with Crippen molar-refractivity contribution in [2.24, 2.45) is 7.05 Å². The molecular weight excluding hydrogens is 318 g/mol. The monoisotopic (exact) mass is 345 g/mol. The Labute approximate surface area is 156 Å². The summed E-state index contributed by atoms with van der Waals surface area (Å²) in [6.07, 6.45) is 5.48. The first kappa shape index (κ1) is 17.0. The van der Waals surface area contributed by atoms with Gasteiger partial charge in [0.2, 0.25) is 0 Å². The predicted octanol–water partition coefficient (Wildman–Crippen LogP) is 4.39. The number of piperidine rings is 1. The maximum absolute atomic E-state index is 4.58. The first-order valence-electron chi connectivity index (χ1n) is 9.60. The van der Waals surface area contributed by atoms with Crippen molar-refractivity contribution in [3.8, 4) is 0 Å². The van der Waals surface area contributed by atoms with E-state index >= 15 is 0 Å². The highest BCUT2D eigenvalue weighted by Gasteiger charge is 2.25. The van der Waals surface area contributed by atoms with E-state index < -0.39 is 0 Å². The molecule has 2 heterocycles. The Bertz CT molecular complexity index is 815. The molecule has 3 heteroatoms. The first-order chi connectivity index (χ1) is 12.8. The van der Waals surface area contributed by atoms with Crippen LogP contribution in [0.2, 0.25) is 0 Å². The van der Waals surface area contributed by atoms with Crippen LogP contribution in [-0.4, -0.2) is 27.8 Å². The Morgan fingerprint density at radius 3 is 2.15 bits per heavy atom. The number of benzene rings is 2. The zero-order valence-corrected chi connectivity index (χ0v) is 15.5.